The first-order chi connectivity index (χ1) is 7.06. The molecule has 0 amide bonds. The first kappa shape index (κ1) is 11.6. The van der Waals surface area contributed by atoms with Crippen LogP contribution in [0, 0.1) is 5.41 Å². The zero-order valence-electron chi connectivity index (χ0n) is 8.09. The molecule has 2 unspecified atom stereocenters. The number of rotatable bonds is 4. The van der Waals surface area contributed by atoms with Gasteiger partial charge in [-0.3, -0.25) is 5.41 Å². The van der Waals surface area contributed by atoms with Gasteiger partial charge in [-0.1, -0.05) is 18.2 Å². The van der Waals surface area contributed by atoms with Crippen LogP contribution in [-0.2, 0) is 0 Å². The van der Waals surface area contributed by atoms with Crippen molar-refractivity contribution in [2.75, 3.05) is 6.61 Å². The van der Waals surface area contributed by atoms with Crippen molar-refractivity contribution in [2.24, 2.45) is 5.73 Å². The number of hydrogen-bond donors (Lipinski definition) is 5. The minimum absolute atomic E-state index is 0.109. The Kier molecular flexibility index (Phi) is 3.79. The lowest BCUT2D eigenvalue weighted by Crippen LogP contribution is -2.22. The van der Waals surface area contributed by atoms with Crippen LogP contribution in [0.15, 0.2) is 24.3 Å². The van der Waals surface area contributed by atoms with Gasteiger partial charge in [0.1, 0.15) is 18.0 Å². The van der Waals surface area contributed by atoms with E-state index in [0.717, 1.165) is 0 Å². The van der Waals surface area contributed by atoms with E-state index in [2.05, 4.69) is 0 Å². The van der Waals surface area contributed by atoms with Crippen LogP contribution in [0.1, 0.15) is 17.2 Å². The molecule has 2 atom stereocenters. The minimum Gasteiger partial charge on any atom is -0.394 e. The third-order valence-electron chi connectivity index (χ3n) is 2.09. The highest BCUT2D eigenvalue weighted by Gasteiger charge is 2.17. The van der Waals surface area contributed by atoms with Gasteiger partial charge < -0.3 is 21.1 Å². The smallest absolute Gasteiger partial charge is 0.122 e. The summed E-state index contributed by atoms with van der Waals surface area (Å²) in [7, 11) is 0. The van der Waals surface area contributed by atoms with Crippen molar-refractivity contribution in [3.05, 3.63) is 35.4 Å². The third kappa shape index (κ3) is 2.76. The first-order valence-electron chi connectivity index (χ1n) is 4.47. The summed E-state index contributed by atoms with van der Waals surface area (Å²) < 4.78 is 0. The molecule has 0 spiro atoms. The first-order valence-corrected chi connectivity index (χ1v) is 4.47. The van der Waals surface area contributed by atoms with Crippen LogP contribution in [0.2, 0.25) is 0 Å². The number of nitrogens with two attached hydrogens (primary N) is 1. The molecule has 6 N–H and O–H groups in total. The Hall–Kier alpha value is -1.43. The van der Waals surface area contributed by atoms with Gasteiger partial charge in [-0.15, -0.1) is 0 Å². The van der Waals surface area contributed by atoms with Gasteiger partial charge in [0, 0.05) is 5.56 Å². The molecule has 0 saturated carbocycles. The van der Waals surface area contributed by atoms with Crippen molar-refractivity contribution in [3.63, 3.8) is 0 Å². The lowest BCUT2D eigenvalue weighted by Gasteiger charge is -2.16. The molecule has 0 aliphatic heterocycles. The molecule has 0 heterocycles. The lowest BCUT2D eigenvalue weighted by molar-refractivity contribution is -0.0152. The number of hydrogen-bond acceptors (Lipinski definition) is 4. The van der Waals surface area contributed by atoms with Gasteiger partial charge in [-0.2, -0.15) is 0 Å². The molecule has 0 aliphatic rings. The Morgan fingerprint density at radius 1 is 1.40 bits per heavy atom. The van der Waals surface area contributed by atoms with E-state index in [0.29, 0.717) is 11.1 Å². The molecule has 1 aromatic rings. The zero-order valence-corrected chi connectivity index (χ0v) is 8.09. The van der Waals surface area contributed by atoms with E-state index in [4.69, 9.17) is 16.2 Å². The number of benzene rings is 1. The Morgan fingerprint density at radius 3 is 2.60 bits per heavy atom. The summed E-state index contributed by atoms with van der Waals surface area (Å²) >= 11 is 0. The van der Waals surface area contributed by atoms with Crippen LogP contribution >= 0.6 is 0 Å². The molecule has 82 valence electrons. The summed E-state index contributed by atoms with van der Waals surface area (Å²) in [5, 5.41) is 34.7. The summed E-state index contributed by atoms with van der Waals surface area (Å²) in [5.41, 5.74) is 6.17. The van der Waals surface area contributed by atoms with E-state index in [1.165, 1.54) is 6.07 Å². The van der Waals surface area contributed by atoms with E-state index >= 15 is 0 Å². The fourth-order valence-electron chi connectivity index (χ4n) is 1.21. The molecule has 0 aliphatic carbocycles. The molecule has 5 nitrogen and oxygen atoms in total. The van der Waals surface area contributed by atoms with Crippen LogP contribution in [0.5, 0.6) is 0 Å². The summed E-state index contributed by atoms with van der Waals surface area (Å²) in [6, 6.07) is 6.35. The summed E-state index contributed by atoms with van der Waals surface area (Å²) in [5.74, 6) is -0.109. The van der Waals surface area contributed by atoms with Crippen molar-refractivity contribution >= 4 is 5.84 Å². The molecule has 0 fully saturated rings. The molecule has 15 heavy (non-hydrogen) atoms. The number of amidine groups is 1. The van der Waals surface area contributed by atoms with Crippen molar-refractivity contribution in [3.8, 4) is 0 Å². The fraction of sp³-hybridized carbons (Fsp3) is 0.300. The summed E-state index contributed by atoms with van der Waals surface area (Å²) in [4.78, 5) is 0. The van der Waals surface area contributed by atoms with Crippen LogP contribution < -0.4 is 5.73 Å². The van der Waals surface area contributed by atoms with Crippen LogP contribution in [0.3, 0.4) is 0 Å². The standard InChI is InChI=1S/C10H14N2O3/c11-10(12)7-3-1-2-6(4-7)9(15)8(14)5-13/h1-4,8-9,13-15H,5H2,(H3,11,12). The zero-order chi connectivity index (χ0) is 11.4. The second-order valence-corrected chi connectivity index (χ2v) is 3.23. The van der Waals surface area contributed by atoms with Gasteiger partial charge in [-0.05, 0) is 11.6 Å². The van der Waals surface area contributed by atoms with E-state index in [1.807, 2.05) is 0 Å². The second kappa shape index (κ2) is 4.88. The molecule has 5 heteroatoms. The monoisotopic (exact) mass is 210 g/mol. The van der Waals surface area contributed by atoms with Gasteiger partial charge in [0.25, 0.3) is 0 Å². The van der Waals surface area contributed by atoms with E-state index in [9.17, 15) is 10.2 Å². The van der Waals surface area contributed by atoms with Crippen molar-refractivity contribution in [1.82, 2.24) is 0 Å². The van der Waals surface area contributed by atoms with Crippen LogP contribution in [0.4, 0.5) is 0 Å². The van der Waals surface area contributed by atoms with E-state index in [-0.39, 0.29) is 5.84 Å². The molecule has 0 saturated heterocycles. The number of aliphatic hydroxyl groups is 3. The highest BCUT2D eigenvalue weighted by Crippen LogP contribution is 2.17. The fourth-order valence-corrected chi connectivity index (χ4v) is 1.21. The predicted molar refractivity (Wildman–Crippen MR) is 55.5 cm³/mol. The Balaban J connectivity index is 2.94. The molecule has 0 bridgehead atoms. The Bertz CT molecular complexity index is 354. The maximum atomic E-state index is 9.57. The predicted octanol–water partition coefficient (Wildman–Crippen LogP) is -0.643. The Morgan fingerprint density at radius 2 is 2.07 bits per heavy atom. The molecular formula is C10H14N2O3. The van der Waals surface area contributed by atoms with Gasteiger partial charge in [-0.25, -0.2) is 0 Å². The average Bonchev–Trinajstić information content (AvgIpc) is 2.27. The Labute approximate surface area is 87.3 Å². The SMILES string of the molecule is N=C(N)c1cccc(C(O)C(O)CO)c1. The van der Waals surface area contributed by atoms with Gasteiger partial charge in [0.05, 0.1) is 6.61 Å². The van der Waals surface area contributed by atoms with Crippen molar-refractivity contribution in [2.45, 2.75) is 12.2 Å². The van der Waals surface area contributed by atoms with Gasteiger partial charge >= 0.3 is 0 Å². The van der Waals surface area contributed by atoms with Crippen molar-refractivity contribution < 1.29 is 15.3 Å². The minimum atomic E-state index is -1.23. The van der Waals surface area contributed by atoms with E-state index in [1.54, 1.807) is 18.2 Å². The van der Waals surface area contributed by atoms with Crippen LogP contribution in [-0.4, -0.2) is 33.9 Å². The quantitative estimate of drug-likeness (QED) is 0.336. The molecule has 1 aromatic carbocycles. The molecular weight excluding hydrogens is 196 g/mol. The lowest BCUT2D eigenvalue weighted by atomic mass is 10.0. The normalized spacial score (nSPS) is 14.6. The number of nitrogens with one attached hydrogen (secondary N) is 1. The van der Waals surface area contributed by atoms with Gasteiger partial charge in [0.15, 0.2) is 0 Å². The highest BCUT2D eigenvalue weighted by atomic mass is 16.4. The largest absolute Gasteiger partial charge is 0.394 e. The molecule has 1 rings (SSSR count). The highest BCUT2D eigenvalue weighted by molar-refractivity contribution is 5.95. The maximum absolute atomic E-state index is 9.57. The average molecular weight is 210 g/mol. The maximum Gasteiger partial charge on any atom is 0.122 e. The van der Waals surface area contributed by atoms with Gasteiger partial charge in [0.2, 0.25) is 0 Å². The molecule has 0 aromatic heterocycles. The topological polar surface area (TPSA) is 111 Å². The summed E-state index contributed by atoms with van der Waals surface area (Å²) in [6.45, 7) is -0.522. The molecule has 0 radical (unpaired) electrons. The summed E-state index contributed by atoms with van der Waals surface area (Å²) in [6.07, 6.45) is -2.40. The van der Waals surface area contributed by atoms with Crippen molar-refractivity contribution in [1.29, 1.82) is 5.41 Å². The number of aliphatic hydroxyl groups excluding tert-OH is 3. The van der Waals surface area contributed by atoms with Crippen LogP contribution in [0.25, 0.3) is 0 Å². The van der Waals surface area contributed by atoms with E-state index < -0.39 is 18.8 Å². The second-order valence-electron chi connectivity index (χ2n) is 3.23. The number of nitrogen functional groups attached to an aromatic ring is 1. The third-order valence-corrected chi connectivity index (χ3v) is 2.09.